The van der Waals surface area contributed by atoms with E-state index in [-0.39, 0.29) is 0 Å². The summed E-state index contributed by atoms with van der Waals surface area (Å²) in [6.07, 6.45) is 7.70. The molecule has 3 aromatic rings. The van der Waals surface area contributed by atoms with E-state index in [0.29, 0.717) is 6.04 Å². The lowest BCUT2D eigenvalue weighted by molar-refractivity contribution is 0.415. The zero-order chi connectivity index (χ0) is 16.4. The number of piperidine rings is 1. The van der Waals surface area contributed by atoms with Crippen LogP contribution in [0.15, 0.2) is 36.8 Å². The quantitative estimate of drug-likeness (QED) is 0.688. The molecule has 3 N–H and O–H groups in total. The number of aromatic nitrogens is 3. The number of rotatable bonds is 4. The highest BCUT2D eigenvalue weighted by molar-refractivity contribution is 5.86. The van der Waals surface area contributed by atoms with Gasteiger partial charge in [-0.3, -0.25) is 4.98 Å². The second kappa shape index (κ2) is 6.49. The molecule has 0 atom stereocenters. The number of nitrogens with zero attached hydrogens (tertiary/aromatic N) is 2. The van der Waals surface area contributed by atoms with E-state index in [1.165, 1.54) is 0 Å². The molecule has 0 spiro atoms. The molecule has 0 saturated carbocycles. The molecule has 0 aliphatic carbocycles. The molecule has 0 bridgehead atoms. The summed E-state index contributed by atoms with van der Waals surface area (Å²) in [5.41, 5.74) is 2.94. The van der Waals surface area contributed by atoms with Crippen LogP contribution in [0.2, 0.25) is 0 Å². The normalized spacial score (nSPS) is 15.5. The highest BCUT2D eigenvalue weighted by Gasteiger charge is 2.15. The van der Waals surface area contributed by atoms with Crippen LogP contribution in [0, 0.1) is 0 Å². The van der Waals surface area contributed by atoms with Gasteiger partial charge in [0.15, 0.2) is 0 Å². The highest BCUT2D eigenvalue weighted by atomic mass is 16.5. The monoisotopic (exact) mass is 323 g/mol. The van der Waals surface area contributed by atoms with Crippen LogP contribution in [-0.2, 0) is 0 Å². The Bertz CT molecular complexity index is 805. The van der Waals surface area contributed by atoms with Crippen LogP contribution in [0.1, 0.15) is 12.8 Å². The van der Waals surface area contributed by atoms with E-state index >= 15 is 0 Å². The van der Waals surface area contributed by atoms with Gasteiger partial charge in [0.2, 0.25) is 0 Å². The zero-order valence-electron chi connectivity index (χ0n) is 13.7. The van der Waals surface area contributed by atoms with E-state index in [4.69, 9.17) is 4.74 Å². The zero-order valence-corrected chi connectivity index (χ0v) is 13.7. The van der Waals surface area contributed by atoms with E-state index in [2.05, 4.69) is 31.7 Å². The van der Waals surface area contributed by atoms with Gasteiger partial charge in [0.05, 0.1) is 30.1 Å². The fourth-order valence-electron chi connectivity index (χ4n) is 3.18. The standard InChI is InChI=1S/C18H21N5O/c1-24-17-9-18(22-13-3-6-19-7-4-13)21-10-14(17)15-8-12-2-5-20-11-16(12)23-15/h2,5,8-11,13,19,23H,3-4,6-7H2,1H3,(H,21,22). The molecular formula is C18H21N5O. The van der Waals surface area contributed by atoms with Gasteiger partial charge < -0.3 is 20.4 Å². The molecular weight excluding hydrogens is 302 g/mol. The molecule has 1 aliphatic heterocycles. The lowest BCUT2D eigenvalue weighted by atomic mass is 10.1. The molecule has 4 rings (SSSR count). The maximum Gasteiger partial charge on any atom is 0.133 e. The maximum atomic E-state index is 5.60. The number of hydrogen-bond donors (Lipinski definition) is 3. The van der Waals surface area contributed by atoms with Crippen LogP contribution in [0.25, 0.3) is 22.2 Å². The van der Waals surface area contributed by atoms with Crippen molar-refractivity contribution in [2.45, 2.75) is 18.9 Å². The molecule has 124 valence electrons. The fourth-order valence-corrected chi connectivity index (χ4v) is 3.18. The molecule has 6 nitrogen and oxygen atoms in total. The van der Waals surface area contributed by atoms with Crippen LogP contribution in [0.4, 0.5) is 5.82 Å². The molecule has 6 heteroatoms. The van der Waals surface area contributed by atoms with Gasteiger partial charge in [-0.05, 0) is 38.1 Å². The highest BCUT2D eigenvalue weighted by Crippen LogP contribution is 2.32. The number of nitrogens with one attached hydrogen (secondary N) is 3. The van der Waals surface area contributed by atoms with Gasteiger partial charge in [-0.25, -0.2) is 4.98 Å². The average Bonchev–Trinajstić information content (AvgIpc) is 3.06. The number of aromatic amines is 1. The second-order valence-corrected chi connectivity index (χ2v) is 6.08. The predicted molar refractivity (Wildman–Crippen MR) is 95.4 cm³/mol. The van der Waals surface area contributed by atoms with Crippen molar-refractivity contribution in [1.29, 1.82) is 0 Å². The minimum Gasteiger partial charge on any atom is -0.496 e. The first-order valence-electron chi connectivity index (χ1n) is 8.28. The van der Waals surface area contributed by atoms with Gasteiger partial charge in [0.1, 0.15) is 11.6 Å². The Balaban J connectivity index is 1.63. The van der Waals surface area contributed by atoms with Crippen molar-refractivity contribution in [3.05, 3.63) is 36.8 Å². The summed E-state index contributed by atoms with van der Waals surface area (Å²) in [6, 6.07) is 6.52. The van der Waals surface area contributed by atoms with Crippen molar-refractivity contribution in [3.63, 3.8) is 0 Å². The summed E-state index contributed by atoms with van der Waals surface area (Å²) in [4.78, 5) is 12.1. The third kappa shape index (κ3) is 2.92. The Hall–Kier alpha value is -2.60. The Labute approximate surface area is 140 Å². The molecule has 1 saturated heterocycles. The molecule has 3 aromatic heterocycles. The van der Waals surface area contributed by atoms with Gasteiger partial charge in [0.25, 0.3) is 0 Å². The van der Waals surface area contributed by atoms with Crippen LogP contribution in [0.5, 0.6) is 5.75 Å². The third-order valence-electron chi connectivity index (χ3n) is 4.49. The van der Waals surface area contributed by atoms with Crippen molar-refractivity contribution in [1.82, 2.24) is 20.3 Å². The maximum absolute atomic E-state index is 5.60. The van der Waals surface area contributed by atoms with Gasteiger partial charge in [0, 0.05) is 29.9 Å². The molecule has 0 radical (unpaired) electrons. The van der Waals surface area contributed by atoms with E-state index in [9.17, 15) is 0 Å². The topological polar surface area (TPSA) is 74.9 Å². The van der Waals surface area contributed by atoms with E-state index in [1.807, 2.05) is 24.5 Å². The molecule has 24 heavy (non-hydrogen) atoms. The Morgan fingerprint density at radius 3 is 2.88 bits per heavy atom. The summed E-state index contributed by atoms with van der Waals surface area (Å²) in [7, 11) is 1.69. The van der Waals surface area contributed by atoms with Gasteiger partial charge >= 0.3 is 0 Å². The number of fused-ring (bicyclic) bond motifs is 1. The van der Waals surface area contributed by atoms with Crippen molar-refractivity contribution in [3.8, 4) is 17.0 Å². The summed E-state index contributed by atoms with van der Waals surface area (Å²) in [5.74, 6) is 1.67. The van der Waals surface area contributed by atoms with Gasteiger partial charge in [-0.2, -0.15) is 0 Å². The number of pyridine rings is 2. The van der Waals surface area contributed by atoms with Crippen LogP contribution in [-0.4, -0.2) is 41.2 Å². The van der Waals surface area contributed by atoms with Crippen LogP contribution < -0.4 is 15.4 Å². The summed E-state index contributed by atoms with van der Waals surface area (Å²) < 4.78 is 5.60. The summed E-state index contributed by atoms with van der Waals surface area (Å²) in [6.45, 7) is 2.10. The molecule has 1 aliphatic rings. The molecule has 0 aromatic carbocycles. The summed E-state index contributed by atoms with van der Waals surface area (Å²) in [5, 5.41) is 8.01. The number of H-pyrrole nitrogens is 1. The van der Waals surface area contributed by atoms with Crippen LogP contribution >= 0.6 is 0 Å². The molecule has 1 fully saturated rings. The molecule has 0 amide bonds. The Morgan fingerprint density at radius 1 is 1.21 bits per heavy atom. The first-order chi connectivity index (χ1) is 11.8. The molecule has 0 unspecified atom stereocenters. The van der Waals surface area contributed by atoms with E-state index in [0.717, 1.165) is 59.7 Å². The van der Waals surface area contributed by atoms with Crippen molar-refractivity contribution < 1.29 is 4.74 Å². The number of methoxy groups -OCH3 is 1. The van der Waals surface area contributed by atoms with Crippen molar-refractivity contribution in [2.75, 3.05) is 25.5 Å². The Morgan fingerprint density at radius 2 is 2.08 bits per heavy atom. The van der Waals surface area contributed by atoms with Gasteiger partial charge in [-0.1, -0.05) is 0 Å². The number of anilines is 1. The second-order valence-electron chi connectivity index (χ2n) is 6.08. The largest absolute Gasteiger partial charge is 0.496 e. The lowest BCUT2D eigenvalue weighted by Gasteiger charge is -2.24. The van der Waals surface area contributed by atoms with Gasteiger partial charge in [-0.15, -0.1) is 0 Å². The predicted octanol–water partition coefficient (Wildman–Crippen LogP) is 2.80. The minimum absolute atomic E-state index is 0.466. The number of ether oxygens (including phenoxy) is 1. The average molecular weight is 323 g/mol. The Kier molecular flexibility index (Phi) is 4.04. The summed E-state index contributed by atoms with van der Waals surface area (Å²) >= 11 is 0. The van der Waals surface area contributed by atoms with E-state index < -0.39 is 0 Å². The third-order valence-corrected chi connectivity index (χ3v) is 4.49. The lowest BCUT2D eigenvalue weighted by Crippen LogP contribution is -2.35. The van der Waals surface area contributed by atoms with Crippen LogP contribution in [0.3, 0.4) is 0 Å². The fraction of sp³-hybridized carbons (Fsp3) is 0.333. The minimum atomic E-state index is 0.466. The molecule has 4 heterocycles. The first kappa shape index (κ1) is 15.0. The van der Waals surface area contributed by atoms with Crippen molar-refractivity contribution in [2.24, 2.45) is 0 Å². The van der Waals surface area contributed by atoms with Crippen molar-refractivity contribution >= 4 is 16.7 Å². The SMILES string of the molecule is COc1cc(NC2CCNCC2)ncc1-c1cc2ccncc2[nH]1. The first-order valence-corrected chi connectivity index (χ1v) is 8.28. The smallest absolute Gasteiger partial charge is 0.133 e. The van der Waals surface area contributed by atoms with E-state index in [1.54, 1.807) is 13.3 Å². The number of hydrogen-bond acceptors (Lipinski definition) is 5.